The first-order chi connectivity index (χ1) is 16.9. The molecule has 35 heavy (non-hydrogen) atoms. The smallest absolute Gasteiger partial charge is 0.131 e. The van der Waals surface area contributed by atoms with Gasteiger partial charge in [0.1, 0.15) is 23.3 Å². The molecule has 2 aromatic rings. The molecule has 2 fully saturated rings. The van der Waals surface area contributed by atoms with E-state index < -0.39 is 35.5 Å². The van der Waals surface area contributed by atoms with Gasteiger partial charge in [-0.2, -0.15) is 0 Å². The van der Waals surface area contributed by atoms with E-state index in [4.69, 9.17) is 4.74 Å². The minimum atomic E-state index is -0.626. The Bertz CT molecular complexity index is 883. The van der Waals surface area contributed by atoms with Gasteiger partial charge in [0, 0.05) is 23.3 Å². The second-order valence-electron chi connectivity index (χ2n) is 10.7. The number of hydrogen-bond donors (Lipinski definition) is 0. The van der Waals surface area contributed by atoms with Crippen molar-refractivity contribution in [2.45, 2.75) is 90.3 Å². The van der Waals surface area contributed by atoms with Gasteiger partial charge in [-0.25, -0.2) is 17.6 Å². The number of ether oxygens (including phenoxy) is 1. The van der Waals surface area contributed by atoms with Gasteiger partial charge in [-0.3, -0.25) is 0 Å². The molecule has 0 heterocycles. The fraction of sp³-hybridized carbons (Fsp3) is 0.600. The van der Waals surface area contributed by atoms with Gasteiger partial charge in [0.15, 0.2) is 0 Å². The highest BCUT2D eigenvalue weighted by Crippen LogP contribution is 2.47. The van der Waals surface area contributed by atoms with Gasteiger partial charge in [0.25, 0.3) is 0 Å². The van der Waals surface area contributed by atoms with Crippen molar-refractivity contribution in [2.24, 2.45) is 23.7 Å². The molecule has 2 aliphatic carbocycles. The number of benzene rings is 2. The molecule has 2 aromatic carbocycles. The molecule has 0 spiro atoms. The molecule has 4 rings (SSSR count). The summed E-state index contributed by atoms with van der Waals surface area (Å²) in [5.41, 5.74) is 0.669. The molecular formula is C30H38F4O. The summed E-state index contributed by atoms with van der Waals surface area (Å²) in [6.07, 6.45) is 8.76. The first kappa shape index (κ1) is 26.2. The summed E-state index contributed by atoms with van der Waals surface area (Å²) in [7, 11) is 0. The quantitative estimate of drug-likeness (QED) is 0.335. The lowest BCUT2D eigenvalue weighted by Gasteiger charge is -2.40. The van der Waals surface area contributed by atoms with Crippen molar-refractivity contribution in [1.82, 2.24) is 0 Å². The first-order valence-corrected chi connectivity index (χ1v) is 13.4. The van der Waals surface area contributed by atoms with Crippen LogP contribution in [0.25, 0.3) is 0 Å². The summed E-state index contributed by atoms with van der Waals surface area (Å²) in [5, 5.41) is 0. The van der Waals surface area contributed by atoms with Crippen LogP contribution in [0.2, 0.25) is 0 Å². The zero-order valence-corrected chi connectivity index (χ0v) is 20.9. The fourth-order valence-electron chi connectivity index (χ4n) is 6.30. The van der Waals surface area contributed by atoms with Crippen LogP contribution in [0.3, 0.4) is 0 Å². The van der Waals surface area contributed by atoms with Gasteiger partial charge in [-0.1, -0.05) is 64.5 Å². The highest BCUT2D eigenvalue weighted by molar-refractivity contribution is 5.25. The third kappa shape index (κ3) is 6.28. The van der Waals surface area contributed by atoms with Crippen molar-refractivity contribution in [3.63, 3.8) is 0 Å². The van der Waals surface area contributed by atoms with Crippen LogP contribution in [0, 0.1) is 46.9 Å². The molecule has 0 saturated heterocycles. The molecule has 0 radical (unpaired) electrons. The predicted molar refractivity (Wildman–Crippen MR) is 131 cm³/mol. The van der Waals surface area contributed by atoms with Crippen LogP contribution in [0.1, 0.15) is 101 Å². The van der Waals surface area contributed by atoms with Crippen molar-refractivity contribution in [1.29, 1.82) is 0 Å². The third-order valence-electron chi connectivity index (χ3n) is 8.63. The van der Waals surface area contributed by atoms with Crippen molar-refractivity contribution in [3.05, 3.63) is 70.8 Å². The van der Waals surface area contributed by atoms with E-state index in [1.165, 1.54) is 24.3 Å². The van der Waals surface area contributed by atoms with Crippen molar-refractivity contribution in [3.8, 4) is 0 Å². The van der Waals surface area contributed by atoms with E-state index in [0.717, 1.165) is 76.3 Å². The molecule has 2 unspecified atom stereocenters. The molecule has 2 atom stereocenters. The van der Waals surface area contributed by atoms with Crippen LogP contribution in [-0.2, 0) is 4.74 Å². The van der Waals surface area contributed by atoms with E-state index in [2.05, 4.69) is 13.8 Å². The third-order valence-corrected chi connectivity index (χ3v) is 8.63. The Morgan fingerprint density at radius 2 is 1.00 bits per heavy atom. The summed E-state index contributed by atoms with van der Waals surface area (Å²) < 4.78 is 64.4. The molecule has 0 amide bonds. The maximum atomic E-state index is 15.1. The molecule has 0 N–H and O–H groups in total. The molecule has 0 aromatic heterocycles. The fourth-order valence-corrected chi connectivity index (χ4v) is 6.30. The number of halogens is 4. The minimum absolute atomic E-state index is 0.0655. The highest BCUT2D eigenvalue weighted by atomic mass is 19.1. The normalized spacial score (nSPS) is 26.9. The summed E-state index contributed by atoms with van der Waals surface area (Å²) >= 11 is 0. The van der Waals surface area contributed by atoms with Gasteiger partial charge in [-0.15, -0.1) is 0 Å². The van der Waals surface area contributed by atoms with Crippen LogP contribution in [-0.4, -0.2) is 0 Å². The molecule has 192 valence electrons. The van der Waals surface area contributed by atoms with Crippen LogP contribution in [0.15, 0.2) is 36.4 Å². The van der Waals surface area contributed by atoms with Crippen LogP contribution >= 0.6 is 0 Å². The standard InChI is InChI=1S/C30H38F4O/c1-3-19-5-9-21(10-6-19)29(25-15-13-23(31)17-27(25)33)35-30(22-11-7-20(4-2)8-12-22)26-16-14-24(32)18-28(26)34/h13-22,29-30H,3-12H2,1-2H3. The summed E-state index contributed by atoms with van der Waals surface area (Å²) in [6.45, 7) is 4.39. The van der Waals surface area contributed by atoms with E-state index in [1.807, 2.05) is 0 Å². The minimum Gasteiger partial charge on any atom is -0.365 e. The zero-order chi connectivity index (χ0) is 24.9. The van der Waals surface area contributed by atoms with E-state index in [0.29, 0.717) is 23.0 Å². The molecule has 5 heteroatoms. The van der Waals surface area contributed by atoms with Crippen molar-refractivity contribution >= 4 is 0 Å². The second kappa shape index (κ2) is 11.9. The Labute approximate surface area is 207 Å². The second-order valence-corrected chi connectivity index (χ2v) is 10.7. The Morgan fingerprint density at radius 1 is 0.629 bits per heavy atom. The largest absolute Gasteiger partial charge is 0.365 e. The van der Waals surface area contributed by atoms with Gasteiger partial charge in [0.05, 0.1) is 12.2 Å². The van der Waals surface area contributed by atoms with Crippen LogP contribution < -0.4 is 0 Å². The number of rotatable bonds is 8. The van der Waals surface area contributed by atoms with E-state index in [-0.39, 0.29) is 11.8 Å². The summed E-state index contributed by atoms with van der Waals surface area (Å²) in [4.78, 5) is 0. The zero-order valence-electron chi connectivity index (χ0n) is 20.9. The topological polar surface area (TPSA) is 9.23 Å². The van der Waals surface area contributed by atoms with Gasteiger partial charge in [0.2, 0.25) is 0 Å². The van der Waals surface area contributed by atoms with E-state index in [1.54, 1.807) is 0 Å². The summed E-state index contributed by atoms with van der Waals surface area (Å²) in [5.74, 6) is -1.07. The highest BCUT2D eigenvalue weighted by Gasteiger charge is 2.37. The molecule has 2 aliphatic rings. The van der Waals surface area contributed by atoms with E-state index in [9.17, 15) is 8.78 Å². The maximum absolute atomic E-state index is 15.1. The Morgan fingerprint density at radius 3 is 1.31 bits per heavy atom. The Hall–Kier alpha value is -1.88. The lowest BCUT2D eigenvalue weighted by molar-refractivity contribution is -0.0931. The number of hydrogen-bond acceptors (Lipinski definition) is 1. The summed E-state index contributed by atoms with van der Waals surface area (Å²) in [6, 6.07) is 7.31. The van der Waals surface area contributed by atoms with E-state index >= 15 is 8.78 Å². The molecule has 2 saturated carbocycles. The molecule has 0 bridgehead atoms. The molecular weight excluding hydrogens is 452 g/mol. The molecule has 1 nitrogen and oxygen atoms in total. The van der Waals surface area contributed by atoms with Gasteiger partial charge >= 0.3 is 0 Å². The Balaban J connectivity index is 1.69. The monoisotopic (exact) mass is 490 g/mol. The SMILES string of the molecule is CCC1CCC(C(OC(c2ccc(F)cc2F)C2CCC(CC)CC2)c2ccc(F)cc2F)CC1. The lowest BCUT2D eigenvalue weighted by atomic mass is 9.75. The van der Waals surface area contributed by atoms with Gasteiger partial charge in [-0.05, 0) is 61.5 Å². The van der Waals surface area contributed by atoms with Crippen molar-refractivity contribution in [2.75, 3.05) is 0 Å². The average molecular weight is 491 g/mol. The van der Waals surface area contributed by atoms with Crippen LogP contribution in [0.5, 0.6) is 0 Å². The Kier molecular flexibility index (Phi) is 8.91. The van der Waals surface area contributed by atoms with Crippen LogP contribution in [0.4, 0.5) is 17.6 Å². The van der Waals surface area contributed by atoms with Gasteiger partial charge < -0.3 is 4.74 Å². The van der Waals surface area contributed by atoms with Crippen molar-refractivity contribution < 1.29 is 22.3 Å². The lowest BCUT2D eigenvalue weighted by Crippen LogP contribution is -2.29. The molecule has 0 aliphatic heterocycles. The maximum Gasteiger partial charge on any atom is 0.131 e. The first-order valence-electron chi connectivity index (χ1n) is 13.4. The predicted octanol–water partition coefficient (Wildman–Crippen LogP) is 9.47. The average Bonchev–Trinajstić information content (AvgIpc) is 2.86.